The second-order valence-electron chi connectivity index (χ2n) is 9.73. The Kier molecular flexibility index (Phi) is 5.86. The van der Waals surface area contributed by atoms with Crippen LogP contribution in [0.25, 0.3) is 44.5 Å². The van der Waals surface area contributed by atoms with E-state index in [0.717, 1.165) is 0 Å². The lowest BCUT2D eigenvalue weighted by atomic mass is 9.77. The number of hydrogen-bond donors (Lipinski definition) is 0. The molecule has 0 saturated carbocycles. The summed E-state index contributed by atoms with van der Waals surface area (Å²) in [5.41, 5.74) is 11.3. The van der Waals surface area contributed by atoms with E-state index in [2.05, 4.69) is 135 Å². The lowest BCUT2D eigenvalue weighted by molar-refractivity contribution is 0.593. The van der Waals surface area contributed by atoms with Gasteiger partial charge in [-0.1, -0.05) is 118 Å². The van der Waals surface area contributed by atoms with Gasteiger partial charge in [0.25, 0.3) is 0 Å². The van der Waals surface area contributed by atoms with E-state index in [1.54, 1.807) is 0 Å². The maximum atomic E-state index is 4.14. The van der Waals surface area contributed by atoms with Gasteiger partial charge >= 0.3 is 0 Å². The van der Waals surface area contributed by atoms with Crippen LogP contribution in [-0.2, 0) is 5.41 Å². The van der Waals surface area contributed by atoms with Gasteiger partial charge in [0.15, 0.2) is 0 Å². The van der Waals surface area contributed by atoms with Crippen LogP contribution in [0.1, 0.15) is 26.3 Å². The molecule has 0 bridgehead atoms. The quantitative estimate of drug-likeness (QED) is 0.272. The van der Waals surface area contributed by atoms with Gasteiger partial charge < -0.3 is 0 Å². The summed E-state index contributed by atoms with van der Waals surface area (Å²) in [5, 5.41) is 0. The lowest BCUT2D eigenvalue weighted by Gasteiger charge is -2.27. The molecule has 0 aliphatic rings. The van der Waals surface area contributed by atoms with Gasteiger partial charge in [0, 0.05) is 12.4 Å². The summed E-state index contributed by atoms with van der Waals surface area (Å²) >= 11 is 0. The minimum Gasteiger partial charge on any atom is -0.265 e. The van der Waals surface area contributed by atoms with Crippen LogP contribution >= 0.6 is 0 Å². The summed E-state index contributed by atoms with van der Waals surface area (Å²) in [6, 6.07) is 39.2. The van der Waals surface area contributed by atoms with E-state index in [9.17, 15) is 0 Å². The van der Waals surface area contributed by atoms with Gasteiger partial charge in [-0.15, -0.1) is 0 Å². The zero-order valence-electron chi connectivity index (χ0n) is 20.0. The number of nitrogens with zero attached hydrogens (tertiary/aromatic N) is 1. The Balaban J connectivity index is 1.57. The van der Waals surface area contributed by atoms with Crippen molar-refractivity contribution in [1.29, 1.82) is 0 Å². The Morgan fingerprint density at radius 3 is 1.29 bits per heavy atom. The van der Waals surface area contributed by atoms with Crippen LogP contribution in [0.15, 0.2) is 122 Å². The third-order valence-corrected chi connectivity index (χ3v) is 6.33. The van der Waals surface area contributed by atoms with Crippen LogP contribution < -0.4 is 0 Å². The average molecular weight is 440 g/mol. The van der Waals surface area contributed by atoms with E-state index in [1.807, 2.05) is 12.4 Å². The molecule has 5 rings (SSSR count). The zero-order chi connectivity index (χ0) is 23.5. The molecular formula is C33H29N. The lowest BCUT2D eigenvalue weighted by Crippen LogP contribution is -2.14. The molecule has 0 spiro atoms. The third-order valence-electron chi connectivity index (χ3n) is 6.33. The number of rotatable bonds is 4. The van der Waals surface area contributed by atoms with Gasteiger partial charge in [-0.2, -0.15) is 0 Å². The van der Waals surface area contributed by atoms with Gasteiger partial charge in [-0.3, -0.25) is 4.98 Å². The molecule has 1 heteroatoms. The predicted molar refractivity (Wildman–Crippen MR) is 145 cm³/mol. The van der Waals surface area contributed by atoms with Crippen molar-refractivity contribution >= 4 is 0 Å². The first-order valence-corrected chi connectivity index (χ1v) is 11.8. The summed E-state index contributed by atoms with van der Waals surface area (Å²) in [6.45, 7) is 6.91. The van der Waals surface area contributed by atoms with Crippen molar-refractivity contribution in [2.75, 3.05) is 0 Å². The molecule has 0 unspecified atom stereocenters. The van der Waals surface area contributed by atoms with Crippen LogP contribution in [0.5, 0.6) is 0 Å². The van der Waals surface area contributed by atoms with Crippen molar-refractivity contribution < 1.29 is 0 Å². The van der Waals surface area contributed by atoms with Crippen molar-refractivity contribution in [2.24, 2.45) is 0 Å². The summed E-state index contributed by atoms with van der Waals surface area (Å²) in [6.07, 6.45) is 3.68. The Morgan fingerprint density at radius 2 is 0.824 bits per heavy atom. The number of aromatic nitrogens is 1. The molecule has 166 valence electrons. The molecule has 0 aliphatic carbocycles. The van der Waals surface area contributed by atoms with Crippen LogP contribution in [0.2, 0.25) is 0 Å². The molecule has 0 amide bonds. The topological polar surface area (TPSA) is 12.9 Å². The molecule has 34 heavy (non-hydrogen) atoms. The van der Waals surface area contributed by atoms with Crippen molar-refractivity contribution in [2.45, 2.75) is 26.2 Å². The SMILES string of the molecule is CC(C)(C)c1c(-c2ccc(-c3ccccc3)cc2)cccc1-c1ccc(-c2ccncc2)cc1. The van der Waals surface area contributed by atoms with E-state index in [-0.39, 0.29) is 5.41 Å². The Labute approximate surface area is 202 Å². The van der Waals surface area contributed by atoms with Gasteiger partial charge in [0.2, 0.25) is 0 Å². The maximum absolute atomic E-state index is 4.14. The number of benzene rings is 4. The summed E-state index contributed by atoms with van der Waals surface area (Å²) < 4.78 is 0. The summed E-state index contributed by atoms with van der Waals surface area (Å²) in [7, 11) is 0. The van der Waals surface area contributed by atoms with E-state index in [4.69, 9.17) is 0 Å². The van der Waals surface area contributed by atoms with Gasteiger partial charge in [0.05, 0.1) is 0 Å². The fourth-order valence-electron chi connectivity index (χ4n) is 4.70. The van der Waals surface area contributed by atoms with E-state index in [0.29, 0.717) is 0 Å². The second-order valence-corrected chi connectivity index (χ2v) is 9.73. The van der Waals surface area contributed by atoms with Crippen molar-refractivity contribution in [3.8, 4) is 44.5 Å². The molecule has 4 aromatic carbocycles. The van der Waals surface area contributed by atoms with Crippen molar-refractivity contribution in [3.63, 3.8) is 0 Å². The minimum atomic E-state index is -0.00615. The molecule has 0 aliphatic heterocycles. The molecule has 0 N–H and O–H groups in total. The third kappa shape index (κ3) is 4.43. The van der Waals surface area contributed by atoms with E-state index in [1.165, 1.54) is 50.1 Å². The normalized spacial score (nSPS) is 11.4. The molecule has 0 radical (unpaired) electrons. The maximum Gasteiger partial charge on any atom is 0.0273 e. The smallest absolute Gasteiger partial charge is 0.0273 e. The number of pyridine rings is 1. The van der Waals surface area contributed by atoms with Crippen LogP contribution in [0.3, 0.4) is 0 Å². The Hall–Kier alpha value is -3.97. The summed E-state index contributed by atoms with van der Waals surface area (Å²) in [5.74, 6) is 0. The molecule has 0 atom stereocenters. The monoisotopic (exact) mass is 439 g/mol. The highest BCUT2D eigenvalue weighted by molar-refractivity contribution is 5.82. The molecular weight excluding hydrogens is 410 g/mol. The predicted octanol–water partition coefficient (Wildman–Crippen LogP) is 9.05. The van der Waals surface area contributed by atoms with Crippen molar-refractivity contribution in [3.05, 3.63) is 127 Å². The van der Waals surface area contributed by atoms with Crippen LogP contribution in [0, 0.1) is 0 Å². The second kappa shape index (κ2) is 9.11. The minimum absolute atomic E-state index is 0.00615. The molecule has 1 aromatic heterocycles. The Morgan fingerprint density at radius 1 is 0.412 bits per heavy atom. The fraction of sp³-hybridized carbons (Fsp3) is 0.121. The number of hydrogen-bond acceptors (Lipinski definition) is 1. The first-order valence-electron chi connectivity index (χ1n) is 11.8. The highest BCUT2D eigenvalue weighted by Gasteiger charge is 2.23. The Bertz CT molecular complexity index is 1270. The standard InChI is InChI=1S/C33H29N/c1-33(2,3)32-30(28-16-12-25(13-17-28)24-8-5-4-6-9-24)10-7-11-31(32)29-18-14-26(15-19-29)27-20-22-34-23-21-27/h4-23H,1-3H3. The van der Waals surface area contributed by atoms with Gasteiger partial charge in [-0.25, -0.2) is 0 Å². The zero-order valence-corrected chi connectivity index (χ0v) is 20.0. The first-order chi connectivity index (χ1) is 16.5. The first kappa shape index (κ1) is 21.9. The van der Waals surface area contributed by atoms with Gasteiger partial charge in [0.1, 0.15) is 0 Å². The molecule has 0 saturated heterocycles. The molecule has 5 aromatic rings. The van der Waals surface area contributed by atoms with Crippen LogP contribution in [0.4, 0.5) is 0 Å². The highest BCUT2D eigenvalue weighted by atomic mass is 14.6. The summed E-state index contributed by atoms with van der Waals surface area (Å²) in [4.78, 5) is 4.14. The van der Waals surface area contributed by atoms with Crippen LogP contribution in [-0.4, -0.2) is 4.98 Å². The average Bonchev–Trinajstić information content (AvgIpc) is 2.89. The fourth-order valence-corrected chi connectivity index (χ4v) is 4.70. The molecule has 0 fully saturated rings. The molecule has 1 heterocycles. The van der Waals surface area contributed by atoms with Gasteiger partial charge in [-0.05, 0) is 67.6 Å². The van der Waals surface area contributed by atoms with E-state index >= 15 is 0 Å². The largest absolute Gasteiger partial charge is 0.265 e. The van der Waals surface area contributed by atoms with E-state index < -0.39 is 0 Å². The van der Waals surface area contributed by atoms with Crippen molar-refractivity contribution in [1.82, 2.24) is 4.98 Å². The molecule has 1 nitrogen and oxygen atoms in total. The highest BCUT2D eigenvalue weighted by Crippen LogP contribution is 2.41.